The van der Waals surface area contributed by atoms with Crippen molar-refractivity contribution in [1.82, 2.24) is 5.32 Å². The van der Waals surface area contributed by atoms with Crippen LogP contribution in [0.15, 0.2) is 0 Å². The van der Waals surface area contributed by atoms with Crippen LogP contribution in [-0.4, -0.2) is 28.9 Å². The van der Waals surface area contributed by atoms with E-state index in [4.69, 9.17) is 4.74 Å². The third kappa shape index (κ3) is 8.02. The van der Waals surface area contributed by atoms with Crippen molar-refractivity contribution in [2.24, 2.45) is 5.92 Å². The SMILES string of the molecule is CCC(O)C(CC(C)C)NC(=O)OC(C)(C)C. The molecular formula is C13H27NO3. The second kappa shape index (κ2) is 6.84. The number of alkyl carbamates (subject to hydrolysis) is 1. The number of nitrogens with one attached hydrogen (secondary N) is 1. The predicted octanol–water partition coefficient (Wildman–Crippen LogP) is 2.70. The van der Waals surface area contributed by atoms with Gasteiger partial charge in [0.25, 0.3) is 0 Å². The minimum atomic E-state index is -0.523. The highest BCUT2D eigenvalue weighted by Crippen LogP contribution is 2.12. The Morgan fingerprint density at radius 3 is 2.24 bits per heavy atom. The van der Waals surface area contributed by atoms with Crippen LogP contribution in [0, 0.1) is 5.92 Å². The van der Waals surface area contributed by atoms with Gasteiger partial charge in [-0.25, -0.2) is 4.79 Å². The summed E-state index contributed by atoms with van der Waals surface area (Å²) in [6.07, 6.45) is 0.377. The van der Waals surface area contributed by atoms with E-state index in [1.807, 2.05) is 27.7 Å². The van der Waals surface area contributed by atoms with E-state index >= 15 is 0 Å². The van der Waals surface area contributed by atoms with Crippen LogP contribution in [0.4, 0.5) is 4.79 Å². The molecule has 2 unspecified atom stereocenters. The number of aliphatic hydroxyl groups is 1. The maximum absolute atomic E-state index is 11.6. The van der Waals surface area contributed by atoms with Gasteiger partial charge in [0.15, 0.2) is 0 Å². The summed E-state index contributed by atoms with van der Waals surface area (Å²) in [5.74, 6) is 0.413. The molecule has 0 rings (SSSR count). The number of hydrogen-bond donors (Lipinski definition) is 2. The molecule has 0 spiro atoms. The lowest BCUT2D eigenvalue weighted by molar-refractivity contribution is 0.0399. The molecular weight excluding hydrogens is 218 g/mol. The fraction of sp³-hybridized carbons (Fsp3) is 0.923. The third-order valence-electron chi connectivity index (χ3n) is 2.31. The van der Waals surface area contributed by atoms with Gasteiger partial charge in [-0.1, -0.05) is 20.8 Å². The van der Waals surface area contributed by atoms with Gasteiger partial charge in [0.1, 0.15) is 5.60 Å². The number of carbonyl (C=O) groups excluding carboxylic acids is 1. The van der Waals surface area contributed by atoms with Crippen molar-refractivity contribution in [3.8, 4) is 0 Å². The van der Waals surface area contributed by atoms with Gasteiger partial charge in [0, 0.05) is 0 Å². The van der Waals surface area contributed by atoms with Gasteiger partial charge < -0.3 is 15.2 Å². The lowest BCUT2D eigenvalue weighted by Crippen LogP contribution is -2.45. The molecule has 0 aromatic heterocycles. The van der Waals surface area contributed by atoms with Crippen molar-refractivity contribution >= 4 is 6.09 Å². The van der Waals surface area contributed by atoms with Crippen molar-refractivity contribution in [1.29, 1.82) is 0 Å². The first kappa shape index (κ1) is 16.2. The second-order valence-electron chi connectivity index (χ2n) is 5.86. The zero-order chi connectivity index (χ0) is 13.6. The Hall–Kier alpha value is -0.770. The average molecular weight is 245 g/mol. The molecule has 4 heteroatoms. The zero-order valence-corrected chi connectivity index (χ0v) is 11.9. The van der Waals surface area contributed by atoms with Crippen LogP contribution < -0.4 is 5.32 Å². The van der Waals surface area contributed by atoms with Crippen molar-refractivity contribution in [2.45, 2.75) is 72.1 Å². The molecule has 4 nitrogen and oxygen atoms in total. The minimum absolute atomic E-state index is 0.241. The quantitative estimate of drug-likeness (QED) is 0.783. The van der Waals surface area contributed by atoms with Crippen LogP contribution in [0.1, 0.15) is 54.4 Å². The first-order valence-corrected chi connectivity index (χ1v) is 6.33. The highest BCUT2D eigenvalue weighted by molar-refractivity contribution is 5.68. The van der Waals surface area contributed by atoms with Crippen molar-refractivity contribution < 1.29 is 14.6 Å². The number of rotatable bonds is 5. The van der Waals surface area contributed by atoms with Crippen LogP contribution in [0.3, 0.4) is 0 Å². The lowest BCUT2D eigenvalue weighted by atomic mass is 9.98. The summed E-state index contributed by atoms with van der Waals surface area (Å²) >= 11 is 0. The first-order chi connectivity index (χ1) is 7.65. The Bertz CT molecular complexity index is 233. The van der Waals surface area contributed by atoms with E-state index in [2.05, 4.69) is 19.2 Å². The molecule has 2 N–H and O–H groups in total. The van der Waals surface area contributed by atoms with Gasteiger partial charge in [-0.15, -0.1) is 0 Å². The van der Waals surface area contributed by atoms with E-state index in [9.17, 15) is 9.90 Å². The molecule has 0 aromatic rings. The molecule has 17 heavy (non-hydrogen) atoms. The van der Waals surface area contributed by atoms with E-state index in [0.717, 1.165) is 6.42 Å². The maximum atomic E-state index is 11.6. The van der Waals surface area contributed by atoms with Gasteiger partial charge in [-0.3, -0.25) is 0 Å². The molecule has 1 amide bonds. The molecule has 0 aliphatic heterocycles. The molecule has 0 aliphatic carbocycles. The highest BCUT2D eigenvalue weighted by atomic mass is 16.6. The van der Waals surface area contributed by atoms with E-state index in [1.54, 1.807) is 0 Å². The molecule has 102 valence electrons. The minimum Gasteiger partial charge on any atom is -0.444 e. The van der Waals surface area contributed by atoms with Gasteiger partial charge in [0.2, 0.25) is 0 Å². The van der Waals surface area contributed by atoms with Gasteiger partial charge >= 0.3 is 6.09 Å². The highest BCUT2D eigenvalue weighted by Gasteiger charge is 2.24. The summed E-state index contributed by atoms with van der Waals surface area (Å²) in [6, 6.07) is -0.241. The molecule has 0 aromatic carbocycles. The van der Waals surface area contributed by atoms with E-state index < -0.39 is 17.8 Å². The number of carbonyl (C=O) groups is 1. The smallest absolute Gasteiger partial charge is 0.407 e. The summed E-state index contributed by atoms with van der Waals surface area (Å²) in [5.41, 5.74) is -0.510. The number of ether oxygens (including phenoxy) is 1. The molecule has 0 heterocycles. The molecule has 0 radical (unpaired) electrons. The number of amides is 1. The summed E-state index contributed by atoms with van der Waals surface area (Å²) < 4.78 is 5.18. The standard InChI is InChI=1S/C13H27NO3/c1-7-11(15)10(8-9(2)3)14-12(16)17-13(4,5)6/h9-11,15H,7-8H2,1-6H3,(H,14,16). The summed E-state index contributed by atoms with van der Waals surface area (Å²) in [6.45, 7) is 11.5. The fourth-order valence-electron chi connectivity index (χ4n) is 1.56. The zero-order valence-electron chi connectivity index (χ0n) is 11.9. The van der Waals surface area contributed by atoms with Crippen LogP contribution in [0.2, 0.25) is 0 Å². The van der Waals surface area contributed by atoms with Gasteiger partial charge in [0.05, 0.1) is 12.1 Å². The monoisotopic (exact) mass is 245 g/mol. The second-order valence-corrected chi connectivity index (χ2v) is 5.86. The molecule has 0 aliphatic rings. The van der Waals surface area contributed by atoms with Crippen molar-refractivity contribution in [3.63, 3.8) is 0 Å². The van der Waals surface area contributed by atoms with E-state index in [1.165, 1.54) is 0 Å². The van der Waals surface area contributed by atoms with Gasteiger partial charge in [-0.2, -0.15) is 0 Å². The Balaban J connectivity index is 4.37. The van der Waals surface area contributed by atoms with Crippen LogP contribution >= 0.6 is 0 Å². The predicted molar refractivity (Wildman–Crippen MR) is 68.9 cm³/mol. The topological polar surface area (TPSA) is 58.6 Å². The molecule has 2 atom stereocenters. The van der Waals surface area contributed by atoms with Crippen LogP contribution in [-0.2, 0) is 4.74 Å². The third-order valence-corrected chi connectivity index (χ3v) is 2.31. The van der Waals surface area contributed by atoms with E-state index in [0.29, 0.717) is 12.3 Å². The number of hydrogen-bond acceptors (Lipinski definition) is 3. The first-order valence-electron chi connectivity index (χ1n) is 6.33. The summed E-state index contributed by atoms with van der Waals surface area (Å²) in [4.78, 5) is 11.6. The van der Waals surface area contributed by atoms with Crippen LogP contribution in [0.25, 0.3) is 0 Å². The Morgan fingerprint density at radius 1 is 1.35 bits per heavy atom. The number of aliphatic hydroxyl groups excluding tert-OH is 1. The molecule has 0 saturated carbocycles. The van der Waals surface area contributed by atoms with E-state index in [-0.39, 0.29) is 6.04 Å². The fourth-order valence-corrected chi connectivity index (χ4v) is 1.56. The maximum Gasteiger partial charge on any atom is 0.407 e. The molecule has 0 bridgehead atoms. The summed E-state index contributed by atoms with van der Waals surface area (Å²) in [7, 11) is 0. The Morgan fingerprint density at radius 2 is 1.88 bits per heavy atom. The average Bonchev–Trinajstić information content (AvgIpc) is 2.11. The Labute approximate surface area is 105 Å². The Kier molecular flexibility index (Phi) is 6.53. The van der Waals surface area contributed by atoms with Crippen molar-refractivity contribution in [2.75, 3.05) is 0 Å². The van der Waals surface area contributed by atoms with Gasteiger partial charge in [-0.05, 0) is 39.5 Å². The summed E-state index contributed by atoms with van der Waals surface area (Å²) in [5, 5.41) is 12.6. The largest absolute Gasteiger partial charge is 0.444 e. The molecule has 0 saturated heterocycles. The normalized spacial score (nSPS) is 15.5. The van der Waals surface area contributed by atoms with Crippen molar-refractivity contribution in [3.05, 3.63) is 0 Å². The lowest BCUT2D eigenvalue weighted by Gasteiger charge is -2.27. The molecule has 0 fully saturated rings. The van der Waals surface area contributed by atoms with Crippen LogP contribution in [0.5, 0.6) is 0 Å².